The number of benzene rings is 6. The molecule has 0 bridgehead atoms. The molecule has 0 radical (unpaired) electrons. The second-order valence-corrected chi connectivity index (χ2v) is 11.1. The largest absolute Gasteiger partial charge is 0.383 e. The van der Waals surface area contributed by atoms with E-state index in [0.29, 0.717) is 18.2 Å². The van der Waals surface area contributed by atoms with Gasteiger partial charge in [-0.15, -0.1) is 0 Å². The summed E-state index contributed by atoms with van der Waals surface area (Å²) in [4.78, 5) is 15.2. The van der Waals surface area contributed by atoms with Crippen LogP contribution in [0.2, 0.25) is 0 Å². The van der Waals surface area contributed by atoms with Crippen molar-refractivity contribution >= 4 is 34.0 Å². The van der Waals surface area contributed by atoms with E-state index >= 15 is 0 Å². The maximum atomic E-state index is 6.66. The van der Waals surface area contributed by atoms with Crippen LogP contribution in [-0.2, 0) is 6.54 Å². The average molecular weight is 596 g/mol. The molecule has 0 aromatic heterocycles. The Morgan fingerprint density at radius 1 is 0.652 bits per heavy atom. The fourth-order valence-corrected chi connectivity index (χ4v) is 5.75. The number of hydrogen-bond acceptors (Lipinski definition) is 3. The third-order valence-corrected chi connectivity index (χ3v) is 8.04. The van der Waals surface area contributed by atoms with Crippen LogP contribution in [0.1, 0.15) is 39.4 Å². The van der Waals surface area contributed by atoms with E-state index in [0.717, 1.165) is 55.7 Å². The molecule has 0 aliphatic carbocycles. The van der Waals surface area contributed by atoms with Crippen LogP contribution in [0.25, 0.3) is 16.5 Å². The zero-order valence-electron chi connectivity index (χ0n) is 25.3. The van der Waals surface area contributed by atoms with Crippen molar-refractivity contribution in [2.45, 2.75) is 12.6 Å². The number of nitrogens with one attached hydrogen (secondary N) is 1. The molecule has 1 aliphatic rings. The first kappa shape index (κ1) is 28.7. The van der Waals surface area contributed by atoms with Crippen molar-refractivity contribution in [2.75, 3.05) is 0 Å². The standard InChI is InChI=1S/C41H33N5/c42-39(32-20-9-3-10-21-32)46-41(43-28-29-15-5-1-6-16-29)35-26-25-30-17-13-14-24-34(30)38(35)37-27-36(31-18-7-2-8-19-31)44-40(45-37)33-22-11-4-12-23-33/h1-27,37H,28H2,(H,44,45)(H2,42,43,46). The maximum Gasteiger partial charge on any atom is 0.157 e. The molecule has 1 heterocycles. The highest BCUT2D eigenvalue weighted by molar-refractivity contribution is 6.13. The topological polar surface area (TPSA) is 75.1 Å². The zero-order chi connectivity index (χ0) is 31.1. The van der Waals surface area contributed by atoms with Crippen LogP contribution in [-0.4, -0.2) is 17.5 Å². The lowest BCUT2D eigenvalue weighted by atomic mass is 9.90. The van der Waals surface area contributed by atoms with Crippen molar-refractivity contribution in [1.82, 2.24) is 5.32 Å². The summed E-state index contributed by atoms with van der Waals surface area (Å²) in [7, 11) is 0. The van der Waals surface area contributed by atoms with Crippen molar-refractivity contribution in [2.24, 2.45) is 20.7 Å². The Morgan fingerprint density at radius 3 is 1.98 bits per heavy atom. The molecular formula is C41H33N5. The highest BCUT2D eigenvalue weighted by atomic mass is 15.1. The Morgan fingerprint density at radius 2 is 1.26 bits per heavy atom. The molecule has 0 saturated carbocycles. The van der Waals surface area contributed by atoms with E-state index in [1.807, 2.05) is 84.9 Å². The lowest BCUT2D eigenvalue weighted by molar-refractivity contribution is 0.785. The number of fused-ring (bicyclic) bond motifs is 1. The second-order valence-electron chi connectivity index (χ2n) is 11.1. The Kier molecular flexibility index (Phi) is 8.28. The third kappa shape index (κ3) is 6.26. The second kappa shape index (κ2) is 13.3. The van der Waals surface area contributed by atoms with Gasteiger partial charge in [-0.25, -0.2) is 9.98 Å². The average Bonchev–Trinajstić information content (AvgIpc) is 3.14. The summed E-state index contributed by atoms with van der Waals surface area (Å²) in [5.74, 6) is 1.79. The first-order valence-electron chi connectivity index (χ1n) is 15.4. The summed E-state index contributed by atoms with van der Waals surface area (Å²) in [6, 6.07) is 53.1. The van der Waals surface area contributed by atoms with Gasteiger partial charge in [0.1, 0.15) is 11.7 Å². The zero-order valence-corrected chi connectivity index (χ0v) is 25.3. The molecule has 0 saturated heterocycles. The number of hydrogen-bond donors (Lipinski definition) is 2. The van der Waals surface area contributed by atoms with Gasteiger partial charge in [-0.2, -0.15) is 0 Å². The first-order valence-corrected chi connectivity index (χ1v) is 15.4. The molecule has 1 aliphatic heterocycles. The van der Waals surface area contributed by atoms with Crippen LogP contribution in [0.5, 0.6) is 0 Å². The van der Waals surface area contributed by atoms with Crippen LogP contribution in [0.3, 0.4) is 0 Å². The Hall–Kier alpha value is -6.07. The Balaban J connectivity index is 1.43. The minimum absolute atomic E-state index is 0.237. The van der Waals surface area contributed by atoms with Crippen LogP contribution < -0.4 is 11.1 Å². The van der Waals surface area contributed by atoms with Crippen LogP contribution in [0.15, 0.2) is 179 Å². The van der Waals surface area contributed by atoms with Crippen molar-refractivity contribution in [1.29, 1.82) is 0 Å². The minimum atomic E-state index is -0.237. The molecule has 5 nitrogen and oxygen atoms in total. The van der Waals surface area contributed by atoms with Crippen molar-refractivity contribution in [3.63, 3.8) is 0 Å². The maximum absolute atomic E-state index is 6.66. The molecule has 0 amide bonds. The molecule has 0 spiro atoms. The fraction of sp³-hybridized carbons (Fsp3) is 0.0488. The van der Waals surface area contributed by atoms with Gasteiger partial charge < -0.3 is 11.1 Å². The lowest BCUT2D eigenvalue weighted by Crippen LogP contribution is -2.32. The SMILES string of the molecule is N/C(=N\C(=N/Cc1ccccc1)c1ccc2ccccc2c1C1C=C(c2ccccc2)N=C(c2ccccc2)N1)c1ccccc1. The summed E-state index contributed by atoms with van der Waals surface area (Å²) in [5.41, 5.74) is 13.5. The fourth-order valence-electron chi connectivity index (χ4n) is 5.75. The predicted molar refractivity (Wildman–Crippen MR) is 191 cm³/mol. The molecule has 1 unspecified atom stereocenters. The molecule has 3 N–H and O–H groups in total. The highest BCUT2D eigenvalue weighted by Crippen LogP contribution is 2.35. The summed E-state index contributed by atoms with van der Waals surface area (Å²) >= 11 is 0. The molecule has 7 rings (SSSR count). The molecular weight excluding hydrogens is 562 g/mol. The van der Waals surface area contributed by atoms with Gasteiger partial charge in [0, 0.05) is 16.7 Å². The van der Waals surface area contributed by atoms with Crippen LogP contribution in [0, 0.1) is 0 Å². The molecule has 0 fully saturated rings. The summed E-state index contributed by atoms with van der Waals surface area (Å²) in [6.45, 7) is 0.466. The van der Waals surface area contributed by atoms with E-state index in [4.69, 9.17) is 20.7 Å². The number of nitrogens with two attached hydrogens (primary N) is 1. The number of aliphatic imine (C=N–C) groups is 3. The molecule has 5 heteroatoms. The third-order valence-electron chi connectivity index (χ3n) is 8.04. The van der Waals surface area contributed by atoms with E-state index in [1.54, 1.807) is 0 Å². The summed E-state index contributed by atoms with van der Waals surface area (Å²) in [6.07, 6.45) is 2.20. The van der Waals surface area contributed by atoms with E-state index in [-0.39, 0.29) is 6.04 Å². The predicted octanol–water partition coefficient (Wildman–Crippen LogP) is 8.32. The summed E-state index contributed by atoms with van der Waals surface area (Å²) in [5, 5.41) is 6.01. The first-order chi connectivity index (χ1) is 22.7. The van der Waals surface area contributed by atoms with E-state index in [2.05, 4.69) is 84.2 Å². The Labute approximate surface area is 269 Å². The van der Waals surface area contributed by atoms with Gasteiger partial charge in [-0.3, -0.25) is 4.99 Å². The molecule has 46 heavy (non-hydrogen) atoms. The van der Waals surface area contributed by atoms with Gasteiger partial charge in [0.15, 0.2) is 5.84 Å². The monoisotopic (exact) mass is 595 g/mol. The molecule has 222 valence electrons. The Bertz CT molecular complexity index is 2080. The van der Waals surface area contributed by atoms with Crippen LogP contribution in [0.4, 0.5) is 0 Å². The van der Waals surface area contributed by atoms with Gasteiger partial charge in [0.25, 0.3) is 0 Å². The van der Waals surface area contributed by atoms with E-state index in [1.165, 1.54) is 0 Å². The molecule has 1 atom stereocenters. The van der Waals surface area contributed by atoms with E-state index < -0.39 is 0 Å². The molecule has 6 aromatic carbocycles. The van der Waals surface area contributed by atoms with Gasteiger partial charge in [-0.05, 0) is 33.5 Å². The van der Waals surface area contributed by atoms with E-state index in [9.17, 15) is 0 Å². The normalized spacial score (nSPS) is 15.2. The van der Waals surface area contributed by atoms with Gasteiger partial charge in [-0.1, -0.05) is 158 Å². The van der Waals surface area contributed by atoms with Gasteiger partial charge in [0.2, 0.25) is 0 Å². The number of nitrogens with zero attached hydrogens (tertiary/aromatic N) is 3. The number of rotatable bonds is 7. The van der Waals surface area contributed by atoms with Crippen molar-refractivity contribution in [3.05, 3.63) is 197 Å². The van der Waals surface area contributed by atoms with Gasteiger partial charge in [0.05, 0.1) is 18.3 Å². The molecule has 6 aromatic rings. The van der Waals surface area contributed by atoms with Gasteiger partial charge >= 0.3 is 0 Å². The van der Waals surface area contributed by atoms with Crippen molar-refractivity contribution < 1.29 is 0 Å². The highest BCUT2D eigenvalue weighted by Gasteiger charge is 2.25. The summed E-state index contributed by atoms with van der Waals surface area (Å²) < 4.78 is 0. The quantitative estimate of drug-likeness (QED) is 0.144. The van der Waals surface area contributed by atoms with Crippen LogP contribution >= 0.6 is 0 Å². The minimum Gasteiger partial charge on any atom is -0.383 e. The number of amidine groups is 3. The smallest absolute Gasteiger partial charge is 0.157 e. The van der Waals surface area contributed by atoms with Crippen molar-refractivity contribution in [3.8, 4) is 0 Å². The lowest BCUT2D eigenvalue weighted by Gasteiger charge is -2.27.